The lowest BCUT2D eigenvalue weighted by Gasteiger charge is -2.25. The van der Waals surface area contributed by atoms with E-state index in [2.05, 4.69) is 11.9 Å². The predicted octanol–water partition coefficient (Wildman–Crippen LogP) is -0.504. The highest BCUT2D eigenvalue weighted by molar-refractivity contribution is 5.81. The highest BCUT2D eigenvalue weighted by Gasteiger charge is 2.27. The SMILES string of the molecule is C[C@H](N)C(=O)N(C)[C@@H]1CCN(C)C1. The van der Waals surface area contributed by atoms with Crippen LogP contribution in [0.25, 0.3) is 0 Å². The van der Waals surface area contributed by atoms with Crippen molar-refractivity contribution in [3.63, 3.8) is 0 Å². The molecule has 0 radical (unpaired) electrons. The van der Waals surface area contributed by atoms with E-state index in [1.165, 1.54) is 0 Å². The summed E-state index contributed by atoms with van der Waals surface area (Å²) in [4.78, 5) is 15.5. The lowest BCUT2D eigenvalue weighted by molar-refractivity contribution is -0.132. The number of likely N-dealkylation sites (tertiary alicyclic amines) is 1. The molecule has 0 aromatic rings. The molecule has 4 heteroatoms. The van der Waals surface area contributed by atoms with E-state index >= 15 is 0 Å². The van der Waals surface area contributed by atoms with Crippen molar-refractivity contribution in [3.8, 4) is 0 Å². The van der Waals surface area contributed by atoms with Gasteiger partial charge in [-0.25, -0.2) is 0 Å². The largest absolute Gasteiger partial charge is 0.340 e. The van der Waals surface area contributed by atoms with Crippen LogP contribution >= 0.6 is 0 Å². The fourth-order valence-electron chi connectivity index (χ4n) is 1.73. The van der Waals surface area contributed by atoms with Crippen LogP contribution in [-0.2, 0) is 4.79 Å². The summed E-state index contributed by atoms with van der Waals surface area (Å²) in [5.41, 5.74) is 5.53. The van der Waals surface area contributed by atoms with Crippen LogP contribution in [0.5, 0.6) is 0 Å². The van der Waals surface area contributed by atoms with Crippen LogP contribution in [0, 0.1) is 0 Å². The van der Waals surface area contributed by atoms with E-state index in [4.69, 9.17) is 5.73 Å². The number of carbonyl (C=O) groups excluding carboxylic acids is 1. The van der Waals surface area contributed by atoms with Crippen LogP contribution < -0.4 is 5.73 Å². The predicted molar refractivity (Wildman–Crippen MR) is 52.3 cm³/mol. The van der Waals surface area contributed by atoms with E-state index in [0.717, 1.165) is 19.5 Å². The minimum absolute atomic E-state index is 0.0419. The molecule has 4 nitrogen and oxygen atoms in total. The Bertz CT molecular complexity index is 193. The van der Waals surface area contributed by atoms with E-state index < -0.39 is 0 Å². The van der Waals surface area contributed by atoms with Gasteiger partial charge in [0.1, 0.15) is 0 Å². The average Bonchev–Trinajstić information content (AvgIpc) is 2.49. The molecule has 1 rings (SSSR count). The van der Waals surface area contributed by atoms with Gasteiger partial charge in [-0.15, -0.1) is 0 Å². The van der Waals surface area contributed by atoms with Gasteiger partial charge in [0, 0.05) is 19.6 Å². The Balaban J connectivity index is 2.48. The van der Waals surface area contributed by atoms with Gasteiger partial charge in [0.15, 0.2) is 0 Å². The summed E-state index contributed by atoms with van der Waals surface area (Å²) in [6.07, 6.45) is 1.06. The lowest BCUT2D eigenvalue weighted by Crippen LogP contribution is -2.46. The Labute approximate surface area is 79.7 Å². The summed E-state index contributed by atoms with van der Waals surface area (Å²) in [5.74, 6) is 0.0419. The molecular weight excluding hydrogens is 166 g/mol. The first-order valence-electron chi connectivity index (χ1n) is 4.73. The topological polar surface area (TPSA) is 49.6 Å². The smallest absolute Gasteiger partial charge is 0.239 e. The maximum Gasteiger partial charge on any atom is 0.239 e. The van der Waals surface area contributed by atoms with Crippen molar-refractivity contribution < 1.29 is 4.79 Å². The Kier molecular flexibility index (Phi) is 3.27. The molecule has 0 aromatic carbocycles. The molecule has 1 saturated heterocycles. The van der Waals surface area contributed by atoms with Crippen LogP contribution in [0.1, 0.15) is 13.3 Å². The second-order valence-corrected chi connectivity index (χ2v) is 3.94. The van der Waals surface area contributed by atoms with Gasteiger partial charge in [0.25, 0.3) is 0 Å². The van der Waals surface area contributed by atoms with E-state index in [1.54, 1.807) is 11.8 Å². The molecule has 0 spiro atoms. The molecule has 0 unspecified atom stereocenters. The van der Waals surface area contributed by atoms with E-state index in [1.807, 2.05) is 7.05 Å². The molecular formula is C9H19N3O. The molecule has 2 atom stereocenters. The molecule has 1 fully saturated rings. The van der Waals surface area contributed by atoms with Crippen LogP contribution in [0.3, 0.4) is 0 Å². The average molecular weight is 185 g/mol. The summed E-state index contributed by atoms with van der Waals surface area (Å²) in [5, 5.41) is 0. The zero-order valence-corrected chi connectivity index (χ0v) is 8.66. The first kappa shape index (κ1) is 10.5. The summed E-state index contributed by atoms with van der Waals surface area (Å²) in [6, 6.07) is -0.0283. The molecule has 1 aliphatic rings. The maximum absolute atomic E-state index is 11.5. The lowest BCUT2D eigenvalue weighted by atomic mass is 10.2. The van der Waals surface area contributed by atoms with Gasteiger partial charge in [-0.05, 0) is 26.9 Å². The molecule has 0 saturated carbocycles. The second kappa shape index (κ2) is 4.07. The number of rotatable bonds is 2. The number of nitrogens with two attached hydrogens (primary N) is 1. The quantitative estimate of drug-likeness (QED) is 0.631. The molecule has 13 heavy (non-hydrogen) atoms. The number of carbonyl (C=O) groups is 1. The molecule has 1 aliphatic heterocycles. The van der Waals surface area contributed by atoms with Crippen LogP contribution in [0.15, 0.2) is 0 Å². The van der Waals surface area contributed by atoms with E-state index in [9.17, 15) is 4.79 Å². The normalized spacial score (nSPS) is 26.0. The molecule has 76 valence electrons. The summed E-state index contributed by atoms with van der Waals surface area (Å²) >= 11 is 0. The highest BCUT2D eigenvalue weighted by atomic mass is 16.2. The molecule has 0 aromatic heterocycles. The Morgan fingerprint density at radius 1 is 1.69 bits per heavy atom. The first-order chi connectivity index (χ1) is 6.02. The van der Waals surface area contributed by atoms with Gasteiger partial charge in [0.2, 0.25) is 5.91 Å². The maximum atomic E-state index is 11.5. The van der Waals surface area contributed by atoms with Gasteiger partial charge >= 0.3 is 0 Å². The third-order valence-corrected chi connectivity index (χ3v) is 2.65. The van der Waals surface area contributed by atoms with Gasteiger partial charge in [-0.3, -0.25) is 4.79 Å². The fourth-order valence-corrected chi connectivity index (χ4v) is 1.73. The van der Waals surface area contributed by atoms with Crippen LogP contribution in [0.4, 0.5) is 0 Å². The Morgan fingerprint density at radius 2 is 2.31 bits per heavy atom. The van der Waals surface area contributed by atoms with E-state index in [-0.39, 0.29) is 11.9 Å². The van der Waals surface area contributed by atoms with E-state index in [0.29, 0.717) is 6.04 Å². The minimum Gasteiger partial charge on any atom is -0.340 e. The zero-order valence-electron chi connectivity index (χ0n) is 8.66. The molecule has 0 bridgehead atoms. The van der Waals surface area contributed by atoms with Gasteiger partial charge in [0.05, 0.1) is 6.04 Å². The van der Waals surface area contributed by atoms with Gasteiger partial charge in [-0.1, -0.05) is 0 Å². The third kappa shape index (κ3) is 2.42. The van der Waals surface area contributed by atoms with Crippen molar-refractivity contribution in [2.24, 2.45) is 5.73 Å². The Hall–Kier alpha value is -0.610. The summed E-state index contributed by atoms with van der Waals surface area (Å²) < 4.78 is 0. The number of nitrogens with zero attached hydrogens (tertiary/aromatic N) is 2. The highest BCUT2D eigenvalue weighted by Crippen LogP contribution is 2.12. The Morgan fingerprint density at radius 3 is 2.69 bits per heavy atom. The molecule has 0 aliphatic carbocycles. The summed E-state index contributed by atoms with van der Waals surface area (Å²) in [6.45, 7) is 3.77. The monoisotopic (exact) mass is 185 g/mol. The zero-order chi connectivity index (χ0) is 10.0. The van der Waals surface area contributed by atoms with Crippen molar-refractivity contribution in [1.82, 2.24) is 9.80 Å². The standard InChI is InChI=1S/C9H19N3O/c1-7(10)9(13)12(3)8-4-5-11(2)6-8/h7-8H,4-6,10H2,1-3H3/t7-,8+/m0/s1. The van der Waals surface area contributed by atoms with Crippen LogP contribution in [0.2, 0.25) is 0 Å². The van der Waals surface area contributed by atoms with Gasteiger partial charge in [-0.2, -0.15) is 0 Å². The number of amides is 1. The van der Waals surface area contributed by atoms with Crippen molar-refractivity contribution in [1.29, 1.82) is 0 Å². The van der Waals surface area contributed by atoms with Crippen molar-refractivity contribution in [2.45, 2.75) is 25.4 Å². The van der Waals surface area contributed by atoms with Gasteiger partial charge < -0.3 is 15.5 Å². The van der Waals surface area contributed by atoms with Crippen molar-refractivity contribution in [3.05, 3.63) is 0 Å². The number of likely N-dealkylation sites (N-methyl/N-ethyl adjacent to an activating group) is 2. The minimum atomic E-state index is -0.379. The fraction of sp³-hybridized carbons (Fsp3) is 0.889. The molecule has 2 N–H and O–H groups in total. The van der Waals surface area contributed by atoms with Crippen LogP contribution in [-0.4, -0.2) is 55.0 Å². The van der Waals surface area contributed by atoms with Crippen molar-refractivity contribution >= 4 is 5.91 Å². The van der Waals surface area contributed by atoms with Crippen molar-refractivity contribution in [2.75, 3.05) is 27.2 Å². The third-order valence-electron chi connectivity index (χ3n) is 2.65. The second-order valence-electron chi connectivity index (χ2n) is 3.94. The number of hydrogen-bond donors (Lipinski definition) is 1. The molecule has 1 amide bonds. The summed E-state index contributed by atoms with van der Waals surface area (Å²) in [7, 11) is 3.92. The first-order valence-corrected chi connectivity index (χ1v) is 4.73. The molecule has 1 heterocycles. The number of hydrogen-bond acceptors (Lipinski definition) is 3.